The van der Waals surface area contributed by atoms with Crippen molar-refractivity contribution in [2.45, 2.75) is 0 Å². The van der Waals surface area contributed by atoms with E-state index in [1.54, 1.807) is 35.1 Å². The number of rotatable bonds is 2. The third-order valence-corrected chi connectivity index (χ3v) is 3.40. The molecule has 82 valence electrons. The molecule has 5 heteroatoms. The van der Waals surface area contributed by atoms with Crippen LogP contribution in [0.4, 0.5) is 0 Å². The van der Waals surface area contributed by atoms with Gasteiger partial charge in [0.2, 0.25) is 0 Å². The minimum absolute atomic E-state index is 0.167. The quantitative estimate of drug-likeness (QED) is 0.785. The molecule has 0 spiro atoms. The zero-order valence-electron chi connectivity index (χ0n) is 7.91. The molecule has 0 aliphatic heterocycles. The number of hydrogen-bond acceptors (Lipinski definition) is 2. The first-order valence-corrected chi connectivity index (χ1v) is 6.05. The van der Waals surface area contributed by atoms with Crippen LogP contribution in [0.25, 0.3) is 10.8 Å². The largest absolute Gasteiger partial charge is 0.478 e. The standard InChI is InChI=1S/C11H6BrIO3/c12-9-3-1-2-7-6(9)4-5-8(11(14)15)10(7)16-13/h1-5H,(H,14,15). The molecule has 0 radical (unpaired) electrons. The molecule has 0 unspecified atom stereocenters. The van der Waals surface area contributed by atoms with Crippen LogP contribution in [0.5, 0.6) is 5.75 Å². The Labute approximate surface area is 114 Å². The van der Waals surface area contributed by atoms with Crippen LogP contribution in [-0.2, 0) is 0 Å². The smallest absolute Gasteiger partial charge is 0.339 e. The van der Waals surface area contributed by atoms with Crippen LogP contribution in [0.15, 0.2) is 34.8 Å². The molecule has 0 bridgehead atoms. The van der Waals surface area contributed by atoms with Crippen LogP contribution >= 0.6 is 38.9 Å². The van der Waals surface area contributed by atoms with Gasteiger partial charge in [0.05, 0.1) is 0 Å². The monoisotopic (exact) mass is 392 g/mol. The Morgan fingerprint density at radius 3 is 2.62 bits per heavy atom. The first-order chi connectivity index (χ1) is 7.65. The van der Waals surface area contributed by atoms with Crippen LogP contribution < -0.4 is 3.07 Å². The maximum atomic E-state index is 11.0. The van der Waals surface area contributed by atoms with Crippen molar-refractivity contribution in [3.63, 3.8) is 0 Å². The average molecular weight is 393 g/mol. The van der Waals surface area contributed by atoms with Gasteiger partial charge in [0.1, 0.15) is 5.56 Å². The van der Waals surface area contributed by atoms with E-state index in [1.807, 2.05) is 18.2 Å². The van der Waals surface area contributed by atoms with Gasteiger partial charge in [-0.2, -0.15) is 0 Å². The van der Waals surface area contributed by atoms with E-state index in [-0.39, 0.29) is 5.56 Å². The van der Waals surface area contributed by atoms with E-state index < -0.39 is 5.97 Å². The highest BCUT2D eigenvalue weighted by Gasteiger charge is 2.15. The summed E-state index contributed by atoms with van der Waals surface area (Å²) < 4.78 is 6.06. The van der Waals surface area contributed by atoms with Gasteiger partial charge in [0.15, 0.2) is 28.8 Å². The fourth-order valence-corrected chi connectivity index (χ4v) is 2.52. The van der Waals surface area contributed by atoms with Gasteiger partial charge in [0, 0.05) is 9.86 Å². The Morgan fingerprint density at radius 1 is 1.25 bits per heavy atom. The molecule has 2 aromatic rings. The summed E-state index contributed by atoms with van der Waals surface area (Å²) in [5, 5.41) is 10.7. The van der Waals surface area contributed by atoms with Crippen molar-refractivity contribution in [2.75, 3.05) is 0 Å². The molecule has 0 saturated carbocycles. The number of benzene rings is 2. The van der Waals surface area contributed by atoms with Gasteiger partial charge in [-0.15, -0.1) is 0 Å². The second-order valence-electron chi connectivity index (χ2n) is 3.16. The SMILES string of the molecule is O=C(O)c1ccc2c(Br)cccc2c1OI. The maximum Gasteiger partial charge on any atom is 0.339 e. The Kier molecular flexibility index (Phi) is 3.34. The maximum absolute atomic E-state index is 11.0. The second-order valence-corrected chi connectivity index (χ2v) is 4.45. The fourth-order valence-electron chi connectivity index (χ4n) is 1.54. The van der Waals surface area contributed by atoms with Crippen molar-refractivity contribution in [3.05, 3.63) is 40.4 Å². The minimum atomic E-state index is -0.992. The number of aromatic carboxylic acids is 1. The van der Waals surface area contributed by atoms with Gasteiger partial charge >= 0.3 is 5.97 Å². The Hall–Kier alpha value is -0.820. The van der Waals surface area contributed by atoms with Crippen molar-refractivity contribution in [2.24, 2.45) is 0 Å². The van der Waals surface area contributed by atoms with E-state index >= 15 is 0 Å². The predicted molar refractivity (Wildman–Crippen MR) is 73.3 cm³/mol. The molecule has 1 N–H and O–H groups in total. The highest BCUT2D eigenvalue weighted by atomic mass is 127. The van der Waals surface area contributed by atoms with Crippen LogP contribution in [0.2, 0.25) is 0 Å². The number of carboxylic acid groups (broad SMARTS) is 1. The number of carboxylic acids is 1. The van der Waals surface area contributed by atoms with Crippen molar-refractivity contribution < 1.29 is 13.0 Å². The summed E-state index contributed by atoms with van der Waals surface area (Å²) in [6.07, 6.45) is 0. The topological polar surface area (TPSA) is 46.5 Å². The lowest BCUT2D eigenvalue weighted by Gasteiger charge is -2.08. The molecule has 2 rings (SSSR count). The lowest BCUT2D eigenvalue weighted by molar-refractivity contribution is 0.0695. The molecular formula is C11H6BrIO3. The molecular weight excluding hydrogens is 387 g/mol. The molecule has 0 fully saturated rings. The molecule has 16 heavy (non-hydrogen) atoms. The predicted octanol–water partition coefficient (Wildman–Crippen LogP) is 4.03. The summed E-state index contributed by atoms with van der Waals surface area (Å²) in [5.74, 6) is -0.611. The summed E-state index contributed by atoms with van der Waals surface area (Å²) in [6.45, 7) is 0. The van der Waals surface area contributed by atoms with Gasteiger partial charge in [-0.1, -0.05) is 34.1 Å². The molecule has 0 heterocycles. The number of carbonyl (C=O) groups is 1. The highest BCUT2D eigenvalue weighted by molar-refractivity contribution is 14.1. The van der Waals surface area contributed by atoms with Crippen LogP contribution in [0, 0.1) is 0 Å². The van der Waals surface area contributed by atoms with Crippen molar-refractivity contribution in [3.8, 4) is 5.75 Å². The Balaban J connectivity index is 2.86. The van der Waals surface area contributed by atoms with E-state index in [4.69, 9.17) is 8.17 Å². The molecule has 3 nitrogen and oxygen atoms in total. The third-order valence-electron chi connectivity index (χ3n) is 2.27. The van der Waals surface area contributed by atoms with E-state index in [0.29, 0.717) is 5.75 Å². The molecule has 0 aromatic heterocycles. The van der Waals surface area contributed by atoms with Crippen LogP contribution in [0.1, 0.15) is 10.4 Å². The van der Waals surface area contributed by atoms with Crippen LogP contribution in [-0.4, -0.2) is 11.1 Å². The van der Waals surface area contributed by atoms with E-state index in [1.165, 1.54) is 0 Å². The van der Waals surface area contributed by atoms with Gasteiger partial charge in [-0.05, 0) is 17.5 Å². The Bertz CT molecular complexity index is 568. The summed E-state index contributed by atoms with van der Waals surface area (Å²) in [4.78, 5) is 11.0. The summed E-state index contributed by atoms with van der Waals surface area (Å²) >= 11 is 5.11. The van der Waals surface area contributed by atoms with E-state index in [2.05, 4.69) is 15.9 Å². The Morgan fingerprint density at radius 2 is 2.00 bits per heavy atom. The lowest BCUT2D eigenvalue weighted by atomic mass is 10.1. The van der Waals surface area contributed by atoms with Crippen LogP contribution in [0.3, 0.4) is 0 Å². The number of fused-ring (bicyclic) bond motifs is 1. The van der Waals surface area contributed by atoms with Gasteiger partial charge in [-0.3, -0.25) is 0 Å². The van der Waals surface area contributed by atoms with E-state index in [9.17, 15) is 4.79 Å². The normalized spacial score (nSPS) is 10.4. The summed E-state index contributed by atoms with van der Waals surface area (Å²) in [7, 11) is 0. The first kappa shape index (κ1) is 11.7. The van der Waals surface area contributed by atoms with Crippen molar-refractivity contribution in [1.29, 1.82) is 0 Å². The summed E-state index contributed by atoms with van der Waals surface area (Å²) in [6, 6.07) is 8.89. The second kappa shape index (κ2) is 4.58. The molecule has 0 amide bonds. The molecule has 2 aromatic carbocycles. The molecule has 0 saturated heterocycles. The number of halogens is 2. The lowest BCUT2D eigenvalue weighted by Crippen LogP contribution is -1.98. The van der Waals surface area contributed by atoms with Gasteiger partial charge in [0.25, 0.3) is 0 Å². The molecule has 0 aliphatic rings. The summed E-state index contributed by atoms with van der Waals surface area (Å²) in [5.41, 5.74) is 0.167. The van der Waals surface area contributed by atoms with E-state index in [0.717, 1.165) is 15.2 Å². The zero-order valence-corrected chi connectivity index (χ0v) is 11.6. The number of hydrogen-bond donors (Lipinski definition) is 1. The zero-order chi connectivity index (χ0) is 11.7. The average Bonchev–Trinajstić information content (AvgIpc) is 2.27. The molecule has 0 atom stereocenters. The minimum Gasteiger partial charge on any atom is -0.478 e. The highest BCUT2D eigenvalue weighted by Crippen LogP contribution is 2.34. The first-order valence-electron chi connectivity index (χ1n) is 4.38. The van der Waals surface area contributed by atoms with Crippen molar-refractivity contribution in [1.82, 2.24) is 0 Å². The van der Waals surface area contributed by atoms with Crippen molar-refractivity contribution >= 4 is 55.7 Å². The van der Waals surface area contributed by atoms with Gasteiger partial charge < -0.3 is 8.17 Å². The molecule has 0 aliphatic carbocycles. The third kappa shape index (κ3) is 1.89. The fraction of sp³-hybridized carbons (Fsp3) is 0. The van der Waals surface area contributed by atoms with Gasteiger partial charge in [-0.25, -0.2) is 4.79 Å².